The molecule has 0 amide bonds. The highest BCUT2D eigenvalue weighted by Gasteiger charge is 2.09. The minimum absolute atomic E-state index is 0.201. The van der Waals surface area contributed by atoms with Crippen LogP contribution in [0.3, 0.4) is 0 Å². The summed E-state index contributed by atoms with van der Waals surface area (Å²) in [5.41, 5.74) is 6.64. The molecule has 0 unspecified atom stereocenters. The number of aryl methyl sites for hydroxylation is 2. The molecule has 0 fully saturated rings. The van der Waals surface area contributed by atoms with E-state index in [0.717, 1.165) is 58.0 Å². The Bertz CT molecular complexity index is 1710. The maximum atomic E-state index is 9.68. The Morgan fingerprint density at radius 2 is 1.49 bits per heavy atom. The Balaban J connectivity index is 0.000000210. The number of unbranched alkanes of at least 4 members (excludes halogenated alkanes) is 1. The third-order valence-corrected chi connectivity index (χ3v) is 7.79. The van der Waals surface area contributed by atoms with E-state index in [2.05, 4.69) is 28.1 Å². The molecular weight excluding hydrogens is 683 g/mol. The minimum Gasteiger partial charge on any atom is -0.508 e. The van der Waals surface area contributed by atoms with Crippen LogP contribution < -0.4 is 5.46 Å². The molecule has 6 N–H and O–H groups in total. The summed E-state index contributed by atoms with van der Waals surface area (Å²) in [7, 11) is -1.35. The van der Waals surface area contributed by atoms with Gasteiger partial charge in [0.25, 0.3) is 0 Å². The lowest BCUT2D eigenvalue weighted by molar-refractivity contribution is 0.125. The summed E-state index contributed by atoms with van der Waals surface area (Å²) in [6, 6.07) is 34.9. The quantitative estimate of drug-likeness (QED) is 0.0579. The normalized spacial score (nSPS) is 10.6. The van der Waals surface area contributed by atoms with Gasteiger partial charge in [0.2, 0.25) is 0 Å². The van der Waals surface area contributed by atoms with Crippen LogP contribution in [0.5, 0.6) is 17.2 Å². The average molecular weight is 728 g/mol. The molecule has 0 aliphatic carbocycles. The molecule has 5 aromatic carbocycles. The summed E-state index contributed by atoms with van der Waals surface area (Å²) in [5.74, 6) is 0.745. The van der Waals surface area contributed by atoms with Crippen LogP contribution in [-0.2, 0) is 17.8 Å². The van der Waals surface area contributed by atoms with Gasteiger partial charge in [-0.25, -0.2) is 0 Å². The van der Waals surface area contributed by atoms with Gasteiger partial charge in [0.15, 0.2) is 0 Å². The van der Waals surface area contributed by atoms with Gasteiger partial charge in [-0.05, 0) is 103 Å². The summed E-state index contributed by atoms with van der Waals surface area (Å²) in [4.78, 5) is 0. The van der Waals surface area contributed by atoms with Crippen LogP contribution in [0.15, 0.2) is 126 Å². The summed E-state index contributed by atoms with van der Waals surface area (Å²) < 4.78 is 6.54. The fourth-order valence-corrected chi connectivity index (χ4v) is 5.11. The molecule has 0 saturated heterocycles. The van der Waals surface area contributed by atoms with E-state index in [1.807, 2.05) is 73.7 Å². The van der Waals surface area contributed by atoms with Crippen molar-refractivity contribution in [3.63, 3.8) is 0 Å². The second-order valence-corrected chi connectivity index (χ2v) is 12.2. The van der Waals surface area contributed by atoms with Gasteiger partial charge in [-0.15, -0.1) is 0 Å². The van der Waals surface area contributed by atoms with Crippen molar-refractivity contribution in [3.8, 4) is 28.4 Å². The Hall–Kier alpha value is -4.38. The van der Waals surface area contributed by atoms with Gasteiger partial charge in [-0.3, -0.25) is 0 Å². The molecule has 0 radical (unpaired) electrons. The molecule has 0 spiro atoms. The molecule has 0 aliphatic heterocycles. The predicted octanol–water partition coefficient (Wildman–Crippen LogP) is 7.53. The lowest BCUT2D eigenvalue weighted by Gasteiger charge is -2.10. The lowest BCUT2D eigenvalue weighted by Crippen LogP contribution is -2.29. The van der Waals surface area contributed by atoms with Crippen molar-refractivity contribution in [2.75, 3.05) is 13.2 Å². The van der Waals surface area contributed by atoms with Crippen LogP contribution in [0.25, 0.3) is 17.2 Å². The Labute approximate surface area is 297 Å². The lowest BCUT2D eigenvalue weighted by atomic mass is 9.80. The first kappa shape index (κ1) is 39.1. The fourth-order valence-electron chi connectivity index (χ4n) is 4.73. The van der Waals surface area contributed by atoms with Crippen molar-refractivity contribution in [1.29, 1.82) is 0 Å². The van der Waals surface area contributed by atoms with Crippen molar-refractivity contribution < 1.29 is 35.2 Å². The van der Waals surface area contributed by atoms with Crippen molar-refractivity contribution >= 4 is 34.6 Å². The highest BCUT2D eigenvalue weighted by atomic mass is 79.9. The van der Waals surface area contributed by atoms with E-state index in [0.29, 0.717) is 18.7 Å². The second-order valence-electron chi connectivity index (χ2n) is 11.3. The Morgan fingerprint density at radius 3 is 2.16 bits per heavy atom. The van der Waals surface area contributed by atoms with E-state index in [1.165, 1.54) is 5.56 Å². The van der Waals surface area contributed by atoms with Crippen LogP contribution in [0.2, 0.25) is 0 Å². The number of halogens is 1. The van der Waals surface area contributed by atoms with Gasteiger partial charge in [-0.2, -0.15) is 0 Å². The molecule has 0 bridgehead atoms. The summed E-state index contributed by atoms with van der Waals surface area (Å²) in [5, 5.41) is 54.9. The van der Waals surface area contributed by atoms with Crippen LogP contribution in [0, 0.1) is 6.92 Å². The number of aliphatic hydroxyl groups excluding tert-OH is 1. The van der Waals surface area contributed by atoms with E-state index in [1.54, 1.807) is 48.5 Å². The van der Waals surface area contributed by atoms with Crippen LogP contribution in [0.1, 0.15) is 41.5 Å². The number of ether oxygens (including phenoxy) is 1. The Morgan fingerprint density at radius 1 is 0.755 bits per heavy atom. The van der Waals surface area contributed by atoms with Crippen molar-refractivity contribution in [3.05, 3.63) is 148 Å². The van der Waals surface area contributed by atoms with E-state index < -0.39 is 7.12 Å². The summed E-state index contributed by atoms with van der Waals surface area (Å²) in [6.45, 7) is 3.41. The van der Waals surface area contributed by atoms with Crippen LogP contribution >= 0.6 is 15.9 Å². The van der Waals surface area contributed by atoms with E-state index in [4.69, 9.17) is 19.9 Å². The average Bonchev–Trinajstić information content (AvgIpc) is 3.10. The van der Waals surface area contributed by atoms with E-state index >= 15 is 0 Å². The zero-order valence-corrected chi connectivity index (χ0v) is 29.2. The van der Waals surface area contributed by atoms with Gasteiger partial charge in [0.1, 0.15) is 17.2 Å². The van der Waals surface area contributed by atoms with Gasteiger partial charge >= 0.3 is 7.12 Å². The van der Waals surface area contributed by atoms with Crippen molar-refractivity contribution in [2.45, 2.75) is 39.2 Å². The molecule has 5 aromatic rings. The third-order valence-electron chi connectivity index (χ3n) is 7.29. The van der Waals surface area contributed by atoms with E-state index in [-0.39, 0.29) is 23.9 Å². The summed E-state index contributed by atoms with van der Waals surface area (Å²) >= 11 is 3.39. The predicted molar refractivity (Wildman–Crippen MR) is 202 cm³/mol. The zero-order chi connectivity index (χ0) is 35.4. The maximum Gasteiger partial charge on any atom is 0.488 e. The largest absolute Gasteiger partial charge is 0.508 e. The number of benzene rings is 5. The molecule has 0 atom stereocenters. The number of phenols is 3. The SMILES string of the molecule is Cc1cccc(B(O)O)c1.OCCCCc1ccc(O)cc1-c1ccc(O)cc1.Oc1ccc(Br)cc1/C=C/CCOCc1ccccc1. The molecule has 256 valence electrons. The van der Waals surface area contributed by atoms with Gasteiger partial charge in [0.05, 0.1) is 13.2 Å². The molecule has 5 rings (SSSR count). The minimum atomic E-state index is -1.35. The Kier molecular flexibility index (Phi) is 17.2. The number of hydrogen-bond donors (Lipinski definition) is 6. The molecule has 0 saturated carbocycles. The van der Waals surface area contributed by atoms with Crippen molar-refractivity contribution in [1.82, 2.24) is 0 Å². The second kappa shape index (κ2) is 21.6. The fraction of sp³-hybridized carbons (Fsp3) is 0.200. The maximum absolute atomic E-state index is 9.68. The summed E-state index contributed by atoms with van der Waals surface area (Å²) in [6.07, 6.45) is 7.27. The first-order chi connectivity index (χ1) is 23.7. The molecular formula is C40H44BBrO7. The zero-order valence-electron chi connectivity index (χ0n) is 27.6. The smallest absolute Gasteiger partial charge is 0.488 e. The number of aliphatic hydroxyl groups is 1. The van der Waals surface area contributed by atoms with Crippen LogP contribution in [-0.4, -0.2) is 50.8 Å². The number of rotatable bonds is 12. The molecule has 9 heteroatoms. The van der Waals surface area contributed by atoms with Crippen molar-refractivity contribution in [2.24, 2.45) is 0 Å². The first-order valence-electron chi connectivity index (χ1n) is 16.1. The van der Waals surface area contributed by atoms with Gasteiger partial charge < -0.3 is 35.2 Å². The molecule has 7 nitrogen and oxygen atoms in total. The number of aromatic hydroxyl groups is 3. The number of phenolic OH excluding ortho intramolecular Hbond substituents is 3. The molecule has 0 aliphatic rings. The standard InChI is InChI=1S/C17H17BrO2.C16H18O3.C7H9BO2/c18-16-9-10-17(19)15(12-16)8-4-5-11-20-13-14-6-2-1-3-7-14;17-10-2-1-3-12-6-9-15(19)11-16(12)13-4-7-14(18)8-5-13;1-6-3-2-4-7(5-6)8(9)10/h1-4,6-10,12,19H,5,11,13H2;4-9,11,17-19H,1-3,10H2;2-5,9-10H,1H3/b8-4+;;. The van der Waals surface area contributed by atoms with E-state index in [9.17, 15) is 15.3 Å². The highest BCUT2D eigenvalue weighted by Crippen LogP contribution is 2.30. The highest BCUT2D eigenvalue weighted by molar-refractivity contribution is 9.10. The first-order valence-corrected chi connectivity index (χ1v) is 16.9. The third kappa shape index (κ3) is 14.7. The monoisotopic (exact) mass is 726 g/mol. The van der Waals surface area contributed by atoms with Gasteiger partial charge in [-0.1, -0.05) is 106 Å². The van der Waals surface area contributed by atoms with Gasteiger partial charge in [0, 0.05) is 16.6 Å². The number of hydrogen-bond acceptors (Lipinski definition) is 7. The molecule has 0 heterocycles. The molecule has 0 aromatic heterocycles. The topological polar surface area (TPSA) is 131 Å². The van der Waals surface area contributed by atoms with Crippen LogP contribution in [0.4, 0.5) is 0 Å². The molecule has 49 heavy (non-hydrogen) atoms.